The first kappa shape index (κ1) is 17.4. The van der Waals surface area contributed by atoms with Crippen molar-refractivity contribution in [2.45, 2.75) is 11.8 Å². The largest absolute Gasteiger partial charge is 0.545 e. The summed E-state index contributed by atoms with van der Waals surface area (Å²) in [7, 11) is -4.24. The van der Waals surface area contributed by atoms with E-state index in [4.69, 9.17) is 23.2 Å². The predicted molar refractivity (Wildman–Crippen MR) is 84.4 cm³/mol. The Labute approximate surface area is 142 Å². The van der Waals surface area contributed by atoms with E-state index in [1.807, 2.05) is 0 Å². The molecule has 0 saturated heterocycles. The Morgan fingerprint density at radius 1 is 1.17 bits per heavy atom. The number of nitrogens with one attached hydrogen (secondary N) is 1. The second kappa shape index (κ2) is 6.27. The SMILES string of the molecule is Cc1ccc(NS(=O)(=O)c2cc(C(=O)[O-])c(Cl)cc2Cl)c(O)c1. The molecule has 9 heteroatoms. The molecular weight excluding hydrogens is 365 g/mol. The molecule has 2 aromatic rings. The number of carboxylic acids is 1. The van der Waals surface area contributed by atoms with Gasteiger partial charge in [0.05, 0.1) is 21.7 Å². The normalized spacial score (nSPS) is 11.3. The summed E-state index contributed by atoms with van der Waals surface area (Å²) in [5.74, 6) is -1.92. The van der Waals surface area contributed by atoms with Crippen LogP contribution in [-0.4, -0.2) is 19.5 Å². The van der Waals surface area contributed by atoms with Crippen LogP contribution in [0.25, 0.3) is 0 Å². The van der Waals surface area contributed by atoms with Crippen LogP contribution in [0.2, 0.25) is 10.0 Å². The average Bonchev–Trinajstić information content (AvgIpc) is 2.41. The van der Waals surface area contributed by atoms with E-state index in [1.165, 1.54) is 12.1 Å². The van der Waals surface area contributed by atoms with Crippen molar-refractivity contribution in [1.82, 2.24) is 0 Å². The molecule has 0 aliphatic carbocycles. The lowest BCUT2D eigenvalue weighted by Crippen LogP contribution is -2.23. The zero-order chi connectivity index (χ0) is 17.4. The number of hydrogen-bond donors (Lipinski definition) is 2. The number of carbonyl (C=O) groups excluding carboxylic acids is 1. The van der Waals surface area contributed by atoms with Gasteiger partial charge in [-0.15, -0.1) is 0 Å². The van der Waals surface area contributed by atoms with Gasteiger partial charge in [-0.25, -0.2) is 8.42 Å². The van der Waals surface area contributed by atoms with Crippen molar-refractivity contribution in [2.24, 2.45) is 0 Å². The third kappa shape index (κ3) is 3.69. The van der Waals surface area contributed by atoms with Gasteiger partial charge in [0.2, 0.25) is 0 Å². The standard InChI is InChI=1S/C14H11Cl2NO5S/c1-7-2-3-11(12(18)4-7)17-23(21,22)13-5-8(14(19)20)9(15)6-10(13)16/h2-6,17-18H,1H3,(H,19,20)/p-1. The maximum absolute atomic E-state index is 12.4. The van der Waals surface area contributed by atoms with Gasteiger partial charge in [-0.2, -0.15) is 0 Å². The van der Waals surface area contributed by atoms with Crippen molar-refractivity contribution in [3.63, 3.8) is 0 Å². The summed E-state index contributed by atoms with van der Waals surface area (Å²) in [5, 5.41) is 20.2. The van der Waals surface area contributed by atoms with Crippen LogP contribution in [0.15, 0.2) is 35.2 Å². The summed E-state index contributed by atoms with van der Waals surface area (Å²) < 4.78 is 26.9. The Morgan fingerprint density at radius 2 is 1.83 bits per heavy atom. The Morgan fingerprint density at radius 3 is 2.39 bits per heavy atom. The van der Waals surface area contributed by atoms with Crippen molar-refractivity contribution < 1.29 is 23.4 Å². The number of phenols is 1. The molecule has 122 valence electrons. The molecule has 23 heavy (non-hydrogen) atoms. The van der Waals surface area contributed by atoms with Crippen molar-refractivity contribution in [3.8, 4) is 5.75 Å². The third-order valence-electron chi connectivity index (χ3n) is 2.93. The molecule has 0 amide bonds. The molecule has 2 rings (SSSR count). The molecule has 0 atom stereocenters. The highest BCUT2D eigenvalue weighted by Gasteiger charge is 2.22. The monoisotopic (exact) mass is 374 g/mol. The highest BCUT2D eigenvalue weighted by atomic mass is 35.5. The molecule has 2 N–H and O–H groups in total. The molecular formula is C14H10Cl2NO5S-. The molecule has 0 radical (unpaired) electrons. The fraction of sp³-hybridized carbons (Fsp3) is 0.0714. The van der Waals surface area contributed by atoms with Gasteiger partial charge in [-0.3, -0.25) is 4.72 Å². The Bertz CT molecular complexity index is 896. The van der Waals surface area contributed by atoms with Crippen LogP contribution in [0.4, 0.5) is 5.69 Å². The lowest BCUT2D eigenvalue weighted by atomic mass is 10.2. The Hall–Kier alpha value is -1.96. The molecule has 0 bridgehead atoms. The second-order valence-corrected chi connectivity index (χ2v) is 7.14. The molecule has 0 fully saturated rings. The fourth-order valence-corrected chi connectivity index (χ4v) is 3.74. The number of aromatic carboxylic acids is 1. The van der Waals surface area contributed by atoms with E-state index >= 15 is 0 Å². The van der Waals surface area contributed by atoms with E-state index in [2.05, 4.69) is 4.72 Å². The number of sulfonamides is 1. The van der Waals surface area contributed by atoms with Crippen LogP contribution in [-0.2, 0) is 10.0 Å². The van der Waals surface area contributed by atoms with Crippen LogP contribution in [0.1, 0.15) is 15.9 Å². The van der Waals surface area contributed by atoms with Crippen LogP contribution in [0, 0.1) is 6.92 Å². The van der Waals surface area contributed by atoms with Gasteiger partial charge in [0, 0.05) is 5.56 Å². The Kier molecular flexibility index (Phi) is 4.74. The van der Waals surface area contributed by atoms with E-state index < -0.39 is 26.5 Å². The number of phenolic OH excluding ortho intramolecular Hbond substituents is 1. The lowest BCUT2D eigenvalue weighted by molar-refractivity contribution is -0.255. The summed E-state index contributed by atoms with van der Waals surface area (Å²) >= 11 is 11.5. The zero-order valence-corrected chi connectivity index (χ0v) is 14.0. The van der Waals surface area contributed by atoms with E-state index in [-0.39, 0.29) is 21.5 Å². The molecule has 0 spiro atoms. The van der Waals surface area contributed by atoms with Crippen molar-refractivity contribution in [2.75, 3.05) is 4.72 Å². The highest BCUT2D eigenvalue weighted by Crippen LogP contribution is 2.32. The van der Waals surface area contributed by atoms with Crippen LogP contribution < -0.4 is 9.83 Å². The van der Waals surface area contributed by atoms with Gasteiger partial charge in [-0.05, 0) is 36.8 Å². The lowest BCUT2D eigenvalue weighted by Gasteiger charge is -2.14. The zero-order valence-electron chi connectivity index (χ0n) is 11.6. The van der Waals surface area contributed by atoms with Crippen LogP contribution >= 0.6 is 23.2 Å². The van der Waals surface area contributed by atoms with E-state index in [0.29, 0.717) is 0 Å². The number of rotatable bonds is 4. The van der Waals surface area contributed by atoms with Gasteiger partial charge in [0.1, 0.15) is 10.6 Å². The van der Waals surface area contributed by atoms with E-state index in [9.17, 15) is 23.4 Å². The number of aromatic hydroxyl groups is 1. The molecule has 0 aliphatic rings. The molecule has 0 aromatic heterocycles. The minimum atomic E-state index is -4.24. The Balaban J connectivity index is 2.51. The summed E-state index contributed by atoms with van der Waals surface area (Å²) in [4.78, 5) is 10.5. The first-order chi connectivity index (χ1) is 10.6. The predicted octanol–water partition coefficient (Wildman–Crippen LogP) is 2.17. The van der Waals surface area contributed by atoms with E-state index in [1.54, 1.807) is 13.0 Å². The quantitative estimate of drug-likeness (QED) is 0.797. The van der Waals surface area contributed by atoms with Crippen LogP contribution in [0.3, 0.4) is 0 Å². The summed E-state index contributed by atoms with van der Waals surface area (Å²) in [6.07, 6.45) is 0. The number of halogens is 2. The number of carboxylic acid groups (broad SMARTS) is 1. The number of aryl methyl sites for hydroxylation is 1. The first-order valence-corrected chi connectivity index (χ1v) is 8.38. The minimum Gasteiger partial charge on any atom is -0.545 e. The van der Waals surface area contributed by atoms with Gasteiger partial charge < -0.3 is 15.0 Å². The first-order valence-electron chi connectivity index (χ1n) is 6.14. The number of carbonyl (C=O) groups is 1. The molecule has 2 aromatic carbocycles. The maximum Gasteiger partial charge on any atom is 0.263 e. The number of benzene rings is 2. The topological polar surface area (TPSA) is 107 Å². The minimum absolute atomic E-state index is 0.0726. The van der Waals surface area contributed by atoms with Crippen molar-refractivity contribution in [1.29, 1.82) is 0 Å². The maximum atomic E-state index is 12.4. The smallest absolute Gasteiger partial charge is 0.263 e. The van der Waals surface area contributed by atoms with Crippen LogP contribution in [0.5, 0.6) is 5.75 Å². The van der Waals surface area contributed by atoms with Gasteiger partial charge >= 0.3 is 0 Å². The molecule has 0 unspecified atom stereocenters. The summed E-state index contributed by atoms with van der Waals surface area (Å²) in [6.45, 7) is 1.72. The molecule has 0 heterocycles. The molecule has 6 nitrogen and oxygen atoms in total. The summed E-state index contributed by atoms with van der Waals surface area (Å²) in [5.41, 5.74) is 0.149. The van der Waals surface area contributed by atoms with Gasteiger partial charge in [0.15, 0.2) is 0 Å². The number of hydrogen-bond acceptors (Lipinski definition) is 5. The fourth-order valence-electron chi connectivity index (χ4n) is 1.82. The van der Waals surface area contributed by atoms with Gasteiger partial charge in [-0.1, -0.05) is 29.3 Å². The molecule has 0 aliphatic heterocycles. The van der Waals surface area contributed by atoms with Gasteiger partial charge in [0.25, 0.3) is 10.0 Å². The van der Waals surface area contributed by atoms with E-state index in [0.717, 1.165) is 17.7 Å². The van der Waals surface area contributed by atoms with Crippen molar-refractivity contribution >= 4 is 44.9 Å². The number of anilines is 1. The average molecular weight is 375 g/mol. The molecule has 0 saturated carbocycles. The second-order valence-electron chi connectivity index (χ2n) is 4.68. The third-order valence-corrected chi connectivity index (χ3v) is 5.07. The highest BCUT2D eigenvalue weighted by molar-refractivity contribution is 7.92. The summed E-state index contributed by atoms with van der Waals surface area (Å²) in [6, 6.07) is 6.12. The van der Waals surface area contributed by atoms with Crippen molar-refractivity contribution in [3.05, 3.63) is 51.5 Å².